The van der Waals surface area contributed by atoms with Crippen molar-refractivity contribution >= 4 is 34.8 Å². The summed E-state index contributed by atoms with van der Waals surface area (Å²) in [5.74, 6) is 0.854. The van der Waals surface area contributed by atoms with E-state index in [0.29, 0.717) is 5.02 Å². The Morgan fingerprint density at radius 1 is 1.03 bits per heavy atom. The van der Waals surface area contributed by atoms with Crippen LogP contribution in [-0.2, 0) is 16.0 Å². The number of ether oxygens (including phenoxy) is 2. The van der Waals surface area contributed by atoms with Crippen LogP contribution in [0.15, 0.2) is 42.5 Å². The number of nitrogens with one attached hydrogen (secondary N) is 1. The summed E-state index contributed by atoms with van der Waals surface area (Å²) in [4.78, 5) is 18.1. The summed E-state index contributed by atoms with van der Waals surface area (Å²) in [6.07, 6.45) is 5.98. The molecule has 1 amide bonds. The van der Waals surface area contributed by atoms with Gasteiger partial charge in [-0.1, -0.05) is 29.3 Å². The number of hydrogen-bond acceptors (Lipinski definition) is 5. The van der Waals surface area contributed by atoms with Crippen molar-refractivity contribution in [3.63, 3.8) is 0 Å². The molecule has 8 heteroatoms. The fourth-order valence-corrected chi connectivity index (χ4v) is 6.02. The van der Waals surface area contributed by atoms with E-state index in [1.54, 1.807) is 0 Å². The Labute approximate surface area is 230 Å². The molecule has 3 aliphatic rings. The second kappa shape index (κ2) is 12.7. The second-order valence-electron chi connectivity index (χ2n) is 10.5. The predicted octanol–water partition coefficient (Wildman–Crippen LogP) is 5.20. The summed E-state index contributed by atoms with van der Waals surface area (Å²) < 4.78 is 11.6. The third kappa shape index (κ3) is 7.32. The molecule has 5 rings (SSSR count). The van der Waals surface area contributed by atoms with Crippen LogP contribution in [0, 0.1) is 5.92 Å². The highest BCUT2D eigenvalue weighted by Crippen LogP contribution is 2.29. The summed E-state index contributed by atoms with van der Waals surface area (Å²) in [6.45, 7) is 6.12. The van der Waals surface area contributed by atoms with Gasteiger partial charge in [-0.05, 0) is 80.7 Å². The number of likely N-dealkylation sites (tertiary alicyclic amines) is 1. The highest BCUT2D eigenvalue weighted by Gasteiger charge is 2.30. The first-order valence-corrected chi connectivity index (χ1v) is 14.3. The van der Waals surface area contributed by atoms with Gasteiger partial charge in [-0.2, -0.15) is 0 Å². The third-order valence-corrected chi connectivity index (χ3v) is 8.26. The molecule has 0 aromatic heterocycles. The molecule has 1 N–H and O–H groups in total. The minimum atomic E-state index is -0.0180. The van der Waals surface area contributed by atoms with Crippen LogP contribution in [0.4, 0.5) is 5.69 Å². The Hall–Kier alpha value is -1.99. The zero-order valence-electron chi connectivity index (χ0n) is 21.3. The molecule has 2 unspecified atom stereocenters. The SMILES string of the molecule is O=C(NC(Cc1ccc(OC2CCOCC2)c(Cl)c1)CN1CCCC1)C1CCN(c2ccc(Cl)cc2)C1. The van der Waals surface area contributed by atoms with Crippen LogP contribution in [0.1, 0.15) is 37.7 Å². The van der Waals surface area contributed by atoms with Gasteiger partial charge in [-0.15, -0.1) is 0 Å². The summed E-state index contributed by atoms with van der Waals surface area (Å²) >= 11 is 12.7. The molecule has 2 atom stereocenters. The van der Waals surface area contributed by atoms with Gasteiger partial charge in [0.05, 0.1) is 24.2 Å². The monoisotopic (exact) mass is 545 g/mol. The van der Waals surface area contributed by atoms with E-state index in [9.17, 15) is 4.79 Å². The fourth-order valence-electron chi connectivity index (χ4n) is 5.64. The molecular formula is C29H37Cl2N3O3. The third-order valence-electron chi connectivity index (χ3n) is 7.71. The summed E-state index contributed by atoms with van der Waals surface area (Å²) in [7, 11) is 0. The highest BCUT2D eigenvalue weighted by molar-refractivity contribution is 6.32. The molecule has 37 heavy (non-hydrogen) atoms. The van der Waals surface area contributed by atoms with E-state index in [1.165, 1.54) is 12.8 Å². The van der Waals surface area contributed by atoms with Crippen molar-refractivity contribution in [2.45, 2.75) is 50.7 Å². The Bertz CT molecular complexity index is 1040. The van der Waals surface area contributed by atoms with Gasteiger partial charge in [0.25, 0.3) is 0 Å². The lowest BCUT2D eigenvalue weighted by Gasteiger charge is -2.27. The van der Waals surface area contributed by atoms with Crippen LogP contribution in [0.3, 0.4) is 0 Å². The van der Waals surface area contributed by atoms with Gasteiger partial charge in [-0.25, -0.2) is 0 Å². The number of anilines is 1. The van der Waals surface area contributed by atoms with Gasteiger partial charge >= 0.3 is 0 Å². The molecule has 2 aromatic carbocycles. The van der Waals surface area contributed by atoms with Crippen LogP contribution < -0.4 is 15.0 Å². The average Bonchev–Trinajstić information content (AvgIpc) is 3.60. The number of hydrogen-bond donors (Lipinski definition) is 1. The molecule has 0 spiro atoms. The van der Waals surface area contributed by atoms with E-state index in [2.05, 4.69) is 21.2 Å². The number of nitrogens with zero attached hydrogens (tertiary/aromatic N) is 2. The van der Waals surface area contributed by atoms with Crippen molar-refractivity contribution in [1.29, 1.82) is 0 Å². The second-order valence-corrected chi connectivity index (χ2v) is 11.4. The van der Waals surface area contributed by atoms with Gasteiger partial charge in [-0.3, -0.25) is 4.79 Å². The molecule has 0 aliphatic carbocycles. The van der Waals surface area contributed by atoms with E-state index in [4.69, 9.17) is 32.7 Å². The minimum absolute atomic E-state index is 0.0180. The van der Waals surface area contributed by atoms with Crippen LogP contribution in [0.2, 0.25) is 10.0 Å². The normalized spacial score (nSPS) is 21.8. The maximum Gasteiger partial charge on any atom is 0.225 e. The molecule has 0 saturated carbocycles. The topological polar surface area (TPSA) is 54.0 Å². The van der Waals surface area contributed by atoms with Crippen molar-refractivity contribution < 1.29 is 14.3 Å². The number of amides is 1. The Kier molecular flexibility index (Phi) is 9.14. The lowest BCUT2D eigenvalue weighted by atomic mass is 10.0. The zero-order valence-corrected chi connectivity index (χ0v) is 22.9. The first-order valence-electron chi connectivity index (χ1n) is 13.6. The van der Waals surface area contributed by atoms with Gasteiger partial charge in [0.1, 0.15) is 11.9 Å². The van der Waals surface area contributed by atoms with Crippen LogP contribution >= 0.6 is 23.2 Å². The fraction of sp³-hybridized carbons (Fsp3) is 0.552. The number of rotatable bonds is 9. The maximum atomic E-state index is 13.4. The van der Waals surface area contributed by atoms with Crippen LogP contribution in [0.5, 0.6) is 5.75 Å². The summed E-state index contributed by atoms with van der Waals surface area (Å²) in [5.41, 5.74) is 2.23. The Morgan fingerprint density at radius 2 is 1.78 bits per heavy atom. The summed E-state index contributed by atoms with van der Waals surface area (Å²) in [6, 6.07) is 14.0. The number of carbonyl (C=O) groups is 1. The first kappa shape index (κ1) is 26.6. The predicted molar refractivity (Wildman–Crippen MR) is 149 cm³/mol. The van der Waals surface area contributed by atoms with Crippen molar-refractivity contribution in [2.24, 2.45) is 5.92 Å². The lowest BCUT2D eigenvalue weighted by molar-refractivity contribution is -0.125. The van der Waals surface area contributed by atoms with Gasteiger partial charge in [0.15, 0.2) is 0 Å². The van der Waals surface area contributed by atoms with Gasteiger partial charge in [0, 0.05) is 49.2 Å². The number of carbonyl (C=O) groups excluding carboxylic acids is 1. The molecule has 2 aromatic rings. The molecular weight excluding hydrogens is 509 g/mol. The van der Waals surface area contributed by atoms with Crippen molar-refractivity contribution in [3.8, 4) is 5.75 Å². The summed E-state index contributed by atoms with van der Waals surface area (Å²) in [5, 5.41) is 4.76. The average molecular weight is 547 g/mol. The number of benzene rings is 2. The molecule has 3 heterocycles. The molecule has 200 valence electrons. The largest absolute Gasteiger partial charge is 0.489 e. The molecule has 3 aliphatic heterocycles. The van der Waals surface area contributed by atoms with Gasteiger partial charge < -0.3 is 24.6 Å². The maximum absolute atomic E-state index is 13.4. The van der Waals surface area contributed by atoms with Crippen LogP contribution in [0.25, 0.3) is 0 Å². The molecule has 0 bridgehead atoms. The quantitative estimate of drug-likeness (QED) is 0.469. The highest BCUT2D eigenvalue weighted by atomic mass is 35.5. The number of halogens is 2. The molecule has 0 radical (unpaired) electrons. The van der Waals surface area contributed by atoms with E-state index < -0.39 is 0 Å². The van der Waals surface area contributed by atoms with E-state index in [1.807, 2.05) is 36.4 Å². The molecule has 3 fully saturated rings. The molecule has 6 nitrogen and oxygen atoms in total. The molecule has 3 saturated heterocycles. The minimum Gasteiger partial charge on any atom is -0.489 e. The Morgan fingerprint density at radius 3 is 2.51 bits per heavy atom. The van der Waals surface area contributed by atoms with Crippen molar-refractivity contribution in [2.75, 3.05) is 50.8 Å². The lowest BCUT2D eigenvalue weighted by Crippen LogP contribution is -2.46. The zero-order chi connectivity index (χ0) is 25.6. The van der Waals surface area contributed by atoms with Crippen LogP contribution in [-0.4, -0.2) is 68.9 Å². The standard InChI is InChI=1S/C29H37Cl2N3O3/c30-23-4-6-25(7-5-23)34-14-9-22(19-34)29(35)32-24(20-33-12-1-2-13-33)17-21-3-8-28(27(31)18-21)37-26-10-15-36-16-11-26/h3-8,18,22,24,26H,1-2,9-17,19-20H2,(H,32,35). The van der Waals surface area contributed by atoms with Gasteiger partial charge in [0.2, 0.25) is 5.91 Å². The Balaban J connectivity index is 1.21. The first-order chi connectivity index (χ1) is 18.0. The smallest absolute Gasteiger partial charge is 0.225 e. The van der Waals surface area contributed by atoms with Crippen molar-refractivity contribution in [1.82, 2.24) is 10.2 Å². The van der Waals surface area contributed by atoms with E-state index in [0.717, 1.165) is 93.6 Å². The van der Waals surface area contributed by atoms with E-state index in [-0.39, 0.29) is 24.0 Å². The van der Waals surface area contributed by atoms with E-state index >= 15 is 0 Å². The van der Waals surface area contributed by atoms with Crippen molar-refractivity contribution in [3.05, 3.63) is 58.1 Å².